The average Bonchev–Trinajstić information content (AvgIpc) is 3.89. The number of aromatic nitrogens is 2. The number of nitriles is 3. The molecular formula is C59H31F6N5. The minimum Gasteiger partial charge on any atom is -0.309 e. The molecule has 5 nitrogen and oxygen atoms in total. The third-order valence-corrected chi connectivity index (χ3v) is 12.9. The van der Waals surface area contributed by atoms with E-state index in [2.05, 4.69) is 18.2 Å². The first-order valence-corrected chi connectivity index (χ1v) is 21.9. The lowest BCUT2D eigenvalue weighted by atomic mass is 9.91. The van der Waals surface area contributed by atoms with Crippen LogP contribution in [0.3, 0.4) is 0 Å². The van der Waals surface area contributed by atoms with Gasteiger partial charge < -0.3 is 9.13 Å². The van der Waals surface area contributed by atoms with Crippen LogP contribution in [0.25, 0.3) is 99.5 Å². The van der Waals surface area contributed by atoms with Gasteiger partial charge in [0, 0.05) is 32.7 Å². The number of benzene rings is 9. The third kappa shape index (κ3) is 7.10. The molecule has 0 aliphatic rings. The summed E-state index contributed by atoms with van der Waals surface area (Å²) in [5, 5.41) is 33.8. The lowest BCUT2D eigenvalue weighted by molar-refractivity contribution is -0.142. The van der Waals surface area contributed by atoms with Gasteiger partial charge in [-0.2, -0.15) is 42.1 Å². The predicted octanol–water partition coefficient (Wildman–Crippen LogP) is 16.2. The highest BCUT2D eigenvalue weighted by Gasteiger charge is 2.38. The Morgan fingerprint density at radius 2 is 0.800 bits per heavy atom. The molecule has 0 radical (unpaired) electrons. The molecule has 334 valence electrons. The van der Waals surface area contributed by atoms with Crippen LogP contribution in [-0.2, 0) is 12.4 Å². The molecular weight excluding hydrogens is 893 g/mol. The first kappa shape index (κ1) is 43.2. The number of para-hydroxylation sites is 2. The second-order valence-electron chi connectivity index (χ2n) is 16.8. The fourth-order valence-electron chi connectivity index (χ4n) is 9.80. The number of halogens is 6. The zero-order chi connectivity index (χ0) is 48.5. The van der Waals surface area contributed by atoms with Crippen molar-refractivity contribution in [2.45, 2.75) is 12.4 Å². The van der Waals surface area contributed by atoms with Crippen molar-refractivity contribution in [3.05, 3.63) is 216 Å². The van der Waals surface area contributed by atoms with Crippen LogP contribution < -0.4 is 0 Å². The van der Waals surface area contributed by atoms with E-state index in [0.29, 0.717) is 39.7 Å². The van der Waals surface area contributed by atoms with Crippen LogP contribution in [-0.4, -0.2) is 9.13 Å². The van der Waals surface area contributed by atoms with Crippen molar-refractivity contribution in [2.75, 3.05) is 0 Å². The number of alkyl halides is 6. The second kappa shape index (κ2) is 16.4. The summed E-state index contributed by atoms with van der Waals surface area (Å²) in [4.78, 5) is 0. The van der Waals surface area contributed by atoms with Crippen LogP contribution in [0.5, 0.6) is 0 Å². The van der Waals surface area contributed by atoms with Crippen LogP contribution in [0.1, 0.15) is 27.8 Å². The van der Waals surface area contributed by atoms with Gasteiger partial charge in [0.1, 0.15) is 0 Å². The monoisotopic (exact) mass is 923 g/mol. The summed E-state index contributed by atoms with van der Waals surface area (Å²) in [5.41, 5.74) is 5.86. The Labute approximate surface area is 395 Å². The van der Waals surface area contributed by atoms with Crippen molar-refractivity contribution in [1.29, 1.82) is 15.8 Å². The lowest BCUT2D eigenvalue weighted by Crippen LogP contribution is -2.12. The van der Waals surface area contributed by atoms with Crippen molar-refractivity contribution in [3.8, 4) is 74.1 Å². The Morgan fingerprint density at radius 1 is 0.343 bits per heavy atom. The summed E-state index contributed by atoms with van der Waals surface area (Å²) in [6, 6.07) is 60.0. The topological polar surface area (TPSA) is 81.2 Å². The Bertz CT molecular complexity index is 4100. The Morgan fingerprint density at radius 3 is 1.31 bits per heavy atom. The minimum absolute atomic E-state index is 0.00713. The van der Waals surface area contributed by atoms with Gasteiger partial charge in [-0.15, -0.1) is 0 Å². The van der Waals surface area contributed by atoms with E-state index in [1.54, 1.807) is 54.6 Å². The molecule has 11 aromatic rings. The summed E-state index contributed by atoms with van der Waals surface area (Å²) in [5.74, 6) is 0. The highest BCUT2D eigenvalue weighted by atomic mass is 19.4. The van der Waals surface area contributed by atoms with Crippen LogP contribution in [0.15, 0.2) is 188 Å². The van der Waals surface area contributed by atoms with Gasteiger partial charge in [-0.05, 0) is 124 Å². The van der Waals surface area contributed by atoms with E-state index in [-0.39, 0.29) is 17.2 Å². The molecule has 70 heavy (non-hydrogen) atoms. The first-order chi connectivity index (χ1) is 33.9. The quantitative estimate of drug-likeness (QED) is 0.156. The molecule has 9 aromatic carbocycles. The summed E-state index contributed by atoms with van der Waals surface area (Å²) < 4.78 is 90.9. The molecule has 0 aliphatic carbocycles. The van der Waals surface area contributed by atoms with Gasteiger partial charge in [0.05, 0.1) is 79.5 Å². The maximum atomic E-state index is 15.0. The fraction of sp³-hybridized carbons (Fsp3) is 0.0339. The fourth-order valence-corrected chi connectivity index (χ4v) is 9.80. The molecule has 0 amide bonds. The van der Waals surface area contributed by atoms with Crippen molar-refractivity contribution in [3.63, 3.8) is 0 Å². The molecule has 0 unspecified atom stereocenters. The largest absolute Gasteiger partial charge is 0.417 e. The summed E-state index contributed by atoms with van der Waals surface area (Å²) in [6.07, 6.45) is -10.2. The maximum absolute atomic E-state index is 15.0. The average molecular weight is 924 g/mol. The molecule has 0 saturated carbocycles. The van der Waals surface area contributed by atoms with E-state index >= 15 is 0 Å². The van der Waals surface area contributed by atoms with Gasteiger partial charge in [0.25, 0.3) is 0 Å². The third-order valence-electron chi connectivity index (χ3n) is 12.9. The number of hydrogen-bond donors (Lipinski definition) is 0. The Hall–Kier alpha value is -9.37. The van der Waals surface area contributed by atoms with Gasteiger partial charge in [-0.1, -0.05) is 97.1 Å². The zero-order valence-electron chi connectivity index (χ0n) is 36.4. The summed E-state index contributed by atoms with van der Waals surface area (Å²) in [6.45, 7) is 0. The van der Waals surface area contributed by atoms with Gasteiger partial charge in [-0.25, -0.2) is 0 Å². The van der Waals surface area contributed by atoms with Crippen LogP contribution in [0.2, 0.25) is 0 Å². The Balaban J connectivity index is 1.23. The molecule has 0 aliphatic heterocycles. The standard InChI is InChI=1S/C59H31F6N5/c60-58(61,62)41-21-22-44(51(31-41)59(63,64)65)38-20-26-57(70-53-16-8-6-14-46(53)49-29-37(19-25-56(49)70)43-12-4-2-10-40(43)34-68)50(30-38)47-27-35(32-66)17-23-54(47)69-52-15-7-5-13-45(52)48-28-36(18-24-55(48)69)42-11-3-1-9-39(42)33-67/h1-31H. The second-order valence-corrected chi connectivity index (χ2v) is 16.8. The summed E-state index contributed by atoms with van der Waals surface area (Å²) >= 11 is 0. The van der Waals surface area contributed by atoms with E-state index in [9.17, 15) is 42.1 Å². The smallest absolute Gasteiger partial charge is 0.309 e. The molecule has 11 rings (SSSR count). The number of hydrogen-bond acceptors (Lipinski definition) is 3. The molecule has 0 saturated heterocycles. The van der Waals surface area contributed by atoms with E-state index in [1.165, 1.54) is 6.07 Å². The van der Waals surface area contributed by atoms with Crippen LogP contribution >= 0.6 is 0 Å². The molecule has 2 aromatic heterocycles. The normalized spacial score (nSPS) is 11.8. The number of fused-ring (bicyclic) bond motifs is 6. The lowest BCUT2D eigenvalue weighted by Gasteiger charge is -2.21. The van der Waals surface area contributed by atoms with Crippen molar-refractivity contribution in [2.24, 2.45) is 0 Å². The summed E-state index contributed by atoms with van der Waals surface area (Å²) in [7, 11) is 0. The minimum atomic E-state index is -5.16. The van der Waals surface area contributed by atoms with E-state index < -0.39 is 29.0 Å². The molecule has 0 atom stereocenters. The SMILES string of the molecule is N#Cc1ccc(-n2c3ccccc3c3cc(-c4ccccc4C#N)ccc32)c(-c2cc(-c3ccc(C(F)(F)F)cc3C(F)(F)F)ccc2-n2c3ccccc3c3cc(-c4ccccc4C#N)ccc32)c1. The zero-order valence-corrected chi connectivity index (χ0v) is 36.4. The van der Waals surface area contributed by atoms with Gasteiger partial charge in [-0.3, -0.25) is 0 Å². The van der Waals surface area contributed by atoms with E-state index in [0.717, 1.165) is 71.9 Å². The van der Waals surface area contributed by atoms with Crippen molar-refractivity contribution >= 4 is 43.6 Å². The highest BCUT2D eigenvalue weighted by molar-refractivity contribution is 6.13. The Kier molecular flexibility index (Phi) is 10.2. The number of rotatable bonds is 6. The molecule has 0 spiro atoms. The first-order valence-electron chi connectivity index (χ1n) is 21.9. The van der Waals surface area contributed by atoms with Gasteiger partial charge in [0.15, 0.2) is 0 Å². The van der Waals surface area contributed by atoms with Crippen LogP contribution in [0, 0.1) is 34.0 Å². The van der Waals surface area contributed by atoms with E-state index in [1.807, 2.05) is 118 Å². The van der Waals surface area contributed by atoms with Gasteiger partial charge in [0.2, 0.25) is 0 Å². The predicted molar refractivity (Wildman–Crippen MR) is 261 cm³/mol. The van der Waals surface area contributed by atoms with Gasteiger partial charge >= 0.3 is 12.4 Å². The molecule has 0 fully saturated rings. The molecule has 0 N–H and O–H groups in total. The maximum Gasteiger partial charge on any atom is 0.417 e. The van der Waals surface area contributed by atoms with Crippen molar-refractivity contribution in [1.82, 2.24) is 9.13 Å². The van der Waals surface area contributed by atoms with E-state index in [4.69, 9.17) is 0 Å². The highest BCUT2D eigenvalue weighted by Crippen LogP contribution is 2.46. The molecule has 2 heterocycles. The van der Waals surface area contributed by atoms with Crippen molar-refractivity contribution < 1.29 is 26.3 Å². The van der Waals surface area contributed by atoms with Crippen LogP contribution in [0.4, 0.5) is 26.3 Å². The molecule has 0 bridgehead atoms. The molecule has 11 heteroatoms. The number of nitrogens with zero attached hydrogens (tertiary/aromatic N) is 5.